The Labute approximate surface area is 170 Å². The van der Waals surface area contributed by atoms with Crippen molar-refractivity contribution >= 4 is 23.6 Å². The van der Waals surface area contributed by atoms with Gasteiger partial charge in [0.25, 0.3) is 5.91 Å². The molecular formula is C21H25N5O3. The van der Waals surface area contributed by atoms with Gasteiger partial charge in [0, 0.05) is 50.8 Å². The molecule has 0 spiro atoms. The molecule has 0 unspecified atom stereocenters. The number of piperazine rings is 1. The molecule has 8 nitrogen and oxygen atoms in total. The minimum absolute atomic E-state index is 0.0733. The zero-order chi connectivity index (χ0) is 20.2. The van der Waals surface area contributed by atoms with E-state index in [1.54, 1.807) is 24.2 Å². The van der Waals surface area contributed by atoms with Gasteiger partial charge in [0.2, 0.25) is 5.95 Å². The molecule has 0 aliphatic carbocycles. The summed E-state index contributed by atoms with van der Waals surface area (Å²) in [5, 5.41) is 0. The van der Waals surface area contributed by atoms with E-state index >= 15 is 0 Å². The van der Waals surface area contributed by atoms with Crippen LogP contribution in [0.3, 0.4) is 0 Å². The van der Waals surface area contributed by atoms with E-state index in [0.29, 0.717) is 50.8 Å². The Hall–Kier alpha value is -3.16. The van der Waals surface area contributed by atoms with E-state index in [0.717, 1.165) is 18.5 Å². The first-order valence-corrected chi connectivity index (χ1v) is 10.1. The standard InChI is InChI=1S/C21H25N5O3/c1-2-29-21(28)25-12-10-24(11-13-25)20-22-14-17(15-23-20)19(27)26-9-5-7-16-6-3-4-8-18(16)26/h3-4,6,8,14-15H,2,5,7,9-13H2,1H3. The molecule has 152 valence electrons. The molecule has 0 radical (unpaired) electrons. The number of hydrogen-bond donors (Lipinski definition) is 0. The molecule has 1 aromatic heterocycles. The number of anilines is 2. The van der Waals surface area contributed by atoms with E-state index in [9.17, 15) is 9.59 Å². The number of aryl methyl sites for hydroxylation is 1. The van der Waals surface area contributed by atoms with Gasteiger partial charge in [0.15, 0.2) is 0 Å². The van der Waals surface area contributed by atoms with E-state index < -0.39 is 0 Å². The summed E-state index contributed by atoms with van der Waals surface area (Å²) in [6, 6.07) is 8.03. The van der Waals surface area contributed by atoms with Gasteiger partial charge in [0.05, 0.1) is 12.2 Å². The second kappa shape index (κ2) is 8.46. The minimum Gasteiger partial charge on any atom is -0.450 e. The molecule has 4 rings (SSSR count). The minimum atomic E-state index is -0.282. The highest BCUT2D eigenvalue weighted by Gasteiger charge is 2.26. The van der Waals surface area contributed by atoms with Crippen LogP contribution >= 0.6 is 0 Å². The van der Waals surface area contributed by atoms with E-state index in [2.05, 4.69) is 16.0 Å². The van der Waals surface area contributed by atoms with Crippen LogP contribution in [0.1, 0.15) is 29.3 Å². The second-order valence-electron chi connectivity index (χ2n) is 7.13. The largest absolute Gasteiger partial charge is 0.450 e. The van der Waals surface area contributed by atoms with Crippen LogP contribution in [-0.4, -0.2) is 66.2 Å². The maximum Gasteiger partial charge on any atom is 0.409 e. The molecule has 1 aromatic carbocycles. The monoisotopic (exact) mass is 395 g/mol. The van der Waals surface area contributed by atoms with Crippen LogP contribution in [-0.2, 0) is 11.2 Å². The predicted octanol–water partition coefficient (Wildman–Crippen LogP) is 2.35. The molecule has 2 aliphatic heterocycles. The maximum absolute atomic E-state index is 13.0. The highest BCUT2D eigenvalue weighted by molar-refractivity contribution is 6.06. The lowest BCUT2D eigenvalue weighted by atomic mass is 10.0. The summed E-state index contributed by atoms with van der Waals surface area (Å²) in [6.07, 6.45) is 4.86. The van der Waals surface area contributed by atoms with Crippen molar-refractivity contribution in [2.75, 3.05) is 49.1 Å². The molecule has 0 N–H and O–H groups in total. The summed E-state index contributed by atoms with van der Waals surface area (Å²) in [5.74, 6) is 0.500. The van der Waals surface area contributed by atoms with E-state index in [1.165, 1.54) is 5.56 Å². The van der Waals surface area contributed by atoms with Crippen molar-refractivity contribution < 1.29 is 14.3 Å². The summed E-state index contributed by atoms with van der Waals surface area (Å²) >= 11 is 0. The first-order chi connectivity index (χ1) is 14.2. The van der Waals surface area contributed by atoms with Crippen LogP contribution in [0.15, 0.2) is 36.7 Å². The van der Waals surface area contributed by atoms with Crippen molar-refractivity contribution in [3.8, 4) is 0 Å². The molecule has 0 saturated carbocycles. The van der Waals surface area contributed by atoms with Crippen molar-refractivity contribution in [2.45, 2.75) is 19.8 Å². The van der Waals surface area contributed by atoms with Gasteiger partial charge in [-0.05, 0) is 31.4 Å². The predicted molar refractivity (Wildman–Crippen MR) is 109 cm³/mol. The topological polar surface area (TPSA) is 78.9 Å². The third-order valence-electron chi connectivity index (χ3n) is 5.33. The molecule has 0 bridgehead atoms. The van der Waals surface area contributed by atoms with Crippen LogP contribution in [0, 0.1) is 0 Å². The molecule has 29 heavy (non-hydrogen) atoms. The van der Waals surface area contributed by atoms with Crippen LogP contribution < -0.4 is 9.80 Å². The summed E-state index contributed by atoms with van der Waals surface area (Å²) in [7, 11) is 0. The van der Waals surface area contributed by atoms with Gasteiger partial charge in [-0.25, -0.2) is 14.8 Å². The highest BCUT2D eigenvalue weighted by atomic mass is 16.6. The van der Waals surface area contributed by atoms with Gasteiger partial charge in [-0.1, -0.05) is 18.2 Å². The van der Waals surface area contributed by atoms with E-state index in [1.807, 2.05) is 28.0 Å². The Kier molecular flexibility index (Phi) is 5.59. The van der Waals surface area contributed by atoms with Gasteiger partial charge in [-0.2, -0.15) is 0 Å². The van der Waals surface area contributed by atoms with Gasteiger partial charge < -0.3 is 19.4 Å². The number of amides is 2. The van der Waals surface area contributed by atoms with Crippen LogP contribution in [0.2, 0.25) is 0 Å². The SMILES string of the molecule is CCOC(=O)N1CCN(c2ncc(C(=O)N3CCCc4ccccc43)cn2)CC1. The number of carbonyl (C=O) groups is 2. The van der Waals surface area contributed by atoms with Crippen molar-refractivity contribution in [1.29, 1.82) is 0 Å². The molecule has 2 aromatic rings. The van der Waals surface area contributed by atoms with E-state index in [4.69, 9.17) is 4.74 Å². The smallest absolute Gasteiger partial charge is 0.409 e. The normalized spacial score (nSPS) is 16.4. The van der Waals surface area contributed by atoms with Crippen LogP contribution in [0.4, 0.5) is 16.4 Å². The number of rotatable bonds is 3. The van der Waals surface area contributed by atoms with Crippen molar-refractivity contribution in [3.63, 3.8) is 0 Å². The molecule has 2 amide bonds. The number of carbonyl (C=O) groups excluding carboxylic acids is 2. The zero-order valence-electron chi connectivity index (χ0n) is 16.6. The number of benzene rings is 1. The Bertz CT molecular complexity index is 878. The number of para-hydroxylation sites is 1. The number of ether oxygens (including phenoxy) is 1. The van der Waals surface area contributed by atoms with Gasteiger partial charge in [-0.3, -0.25) is 4.79 Å². The first-order valence-electron chi connectivity index (χ1n) is 10.1. The molecule has 1 fully saturated rings. The maximum atomic E-state index is 13.0. The third-order valence-corrected chi connectivity index (χ3v) is 5.33. The fourth-order valence-corrected chi connectivity index (χ4v) is 3.80. The van der Waals surface area contributed by atoms with Crippen LogP contribution in [0.5, 0.6) is 0 Å². The molecule has 8 heteroatoms. The van der Waals surface area contributed by atoms with Gasteiger partial charge >= 0.3 is 6.09 Å². The van der Waals surface area contributed by atoms with Crippen molar-refractivity contribution in [1.82, 2.24) is 14.9 Å². The molecule has 2 aliphatic rings. The number of hydrogen-bond acceptors (Lipinski definition) is 6. The number of fused-ring (bicyclic) bond motifs is 1. The summed E-state index contributed by atoms with van der Waals surface area (Å²) in [6.45, 7) is 5.26. The lowest BCUT2D eigenvalue weighted by molar-refractivity contribution is 0.0983. The zero-order valence-corrected chi connectivity index (χ0v) is 16.6. The summed E-state index contributed by atoms with van der Waals surface area (Å²) < 4.78 is 5.04. The van der Waals surface area contributed by atoms with E-state index in [-0.39, 0.29) is 12.0 Å². The quantitative estimate of drug-likeness (QED) is 0.794. The van der Waals surface area contributed by atoms with Crippen LogP contribution in [0.25, 0.3) is 0 Å². The molecule has 3 heterocycles. The Morgan fingerprint density at radius 2 is 1.76 bits per heavy atom. The van der Waals surface area contributed by atoms with Gasteiger partial charge in [-0.15, -0.1) is 0 Å². The fourth-order valence-electron chi connectivity index (χ4n) is 3.80. The molecular weight excluding hydrogens is 370 g/mol. The van der Waals surface area contributed by atoms with Crippen molar-refractivity contribution in [2.24, 2.45) is 0 Å². The number of nitrogens with zero attached hydrogens (tertiary/aromatic N) is 5. The Morgan fingerprint density at radius 1 is 1.03 bits per heavy atom. The summed E-state index contributed by atoms with van der Waals surface area (Å²) in [4.78, 5) is 39.2. The lowest BCUT2D eigenvalue weighted by Crippen LogP contribution is -2.49. The third kappa shape index (κ3) is 4.01. The average Bonchev–Trinajstić information content (AvgIpc) is 2.78. The lowest BCUT2D eigenvalue weighted by Gasteiger charge is -2.34. The Morgan fingerprint density at radius 3 is 2.48 bits per heavy atom. The second-order valence-corrected chi connectivity index (χ2v) is 7.13. The first kappa shape index (κ1) is 19.2. The highest BCUT2D eigenvalue weighted by Crippen LogP contribution is 2.28. The average molecular weight is 395 g/mol. The fraction of sp³-hybridized carbons (Fsp3) is 0.429. The molecule has 0 atom stereocenters. The molecule has 1 saturated heterocycles. The Balaban J connectivity index is 1.41. The number of aromatic nitrogens is 2. The van der Waals surface area contributed by atoms with Gasteiger partial charge in [0.1, 0.15) is 0 Å². The van der Waals surface area contributed by atoms with Crippen molar-refractivity contribution in [3.05, 3.63) is 47.8 Å². The summed E-state index contributed by atoms with van der Waals surface area (Å²) in [5.41, 5.74) is 2.66.